The van der Waals surface area contributed by atoms with Crippen LogP contribution in [-0.4, -0.2) is 360 Å². The number of ether oxygens (including phenoxy) is 24. The van der Waals surface area contributed by atoms with Gasteiger partial charge in [-0.2, -0.15) is 0 Å². The van der Waals surface area contributed by atoms with Crippen molar-refractivity contribution < 1.29 is 133 Å². The van der Waals surface area contributed by atoms with Gasteiger partial charge < -0.3 is 124 Å². The maximum atomic E-state index is 12.4. The van der Waals surface area contributed by atoms with Crippen molar-refractivity contribution in [2.24, 2.45) is 11.8 Å². The van der Waals surface area contributed by atoms with Crippen molar-refractivity contribution in [3.05, 3.63) is 0 Å². The Balaban J connectivity index is 1.60. The molecule has 0 aromatic heterocycles. The average Bonchev–Trinajstić information content (AvgIpc) is 0.994. The zero-order chi connectivity index (χ0) is 71.1. The second-order valence-electron chi connectivity index (χ2n) is 22.5. The largest absolute Gasteiger partial charge is 0.379 e. The van der Waals surface area contributed by atoms with E-state index in [-0.39, 0.29) is 35.4 Å². The molecule has 99 heavy (non-hydrogen) atoms. The highest BCUT2D eigenvalue weighted by molar-refractivity contribution is 5.82. The van der Waals surface area contributed by atoms with Gasteiger partial charge in [-0.25, -0.2) is 0 Å². The van der Waals surface area contributed by atoms with Crippen LogP contribution in [0.3, 0.4) is 0 Å². The van der Waals surface area contributed by atoms with Crippen LogP contribution in [0.4, 0.5) is 0 Å². The number of hydrogen-bond donors (Lipinski definition) is 2. The zero-order valence-corrected chi connectivity index (χ0v) is 60.9. The molecule has 1 aliphatic rings. The third kappa shape index (κ3) is 72.2. The molecule has 1 rings (SSSR count). The van der Waals surface area contributed by atoms with Gasteiger partial charge in [0.1, 0.15) is 17.3 Å². The summed E-state index contributed by atoms with van der Waals surface area (Å²) in [6.07, 6.45) is 7.38. The van der Waals surface area contributed by atoms with E-state index in [0.29, 0.717) is 349 Å². The number of likely N-dealkylation sites (N-methyl/N-ethyl adjacent to an activating group) is 1. The lowest BCUT2D eigenvalue weighted by Crippen LogP contribution is -2.32. The van der Waals surface area contributed by atoms with Crippen LogP contribution in [-0.2, 0) is 133 Å². The molecule has 0 spiro atoms. The minimum atomic E-state index is -0.116. The van der Waals surface area contributed by atoms with Gasteiger partial charge in [-0.05, 0) is 72.3 Å². The van der Waals surface area contributed by atoms with Gasteiger partial charge in [0.15, 0.2) is 0 Å². The predicted molar refractivity (Wildman–Crippen MR) is 365 cm³/mol. The summed E-state index contributed by atoms with van der Waals surface area (Å²) in [4.78, 5) is 47.3. The Morgan fingerprint density at radius 3 is 0.697 bits per heavy atom. The molecular formula is C69H132N2O28. The first-order chi connectivity index (χ1) is 48.8. The van der Waals surface area contributed by atoms with Crippen molar-refractivity contribution in [3.8, 4) is 0 Å². The van der Waals surface area contributed by atoms with Crippen molar-refractivity contribution >= 4 is 23.3 Å². The second kappa shape index (κ2) is 79.6. The van der Waals surface area contributed by atoms with E-state index >= 15 is 0 Å². The summed E-state index contributed by atoms with van der Waals surface area (Å²) in [5.74, 6) is 0.894. The molecule has 0 heterocycles. The Hall–Kier alpha value is -2.52. The molecule has 1 amide bonds. The van der Waals surface area contributed by atoms with Gasteiger partial charge in [-0.1, -0.05) is 0 Å². The van der Waals surface area contributed by atoms with Crippen molar-refractivity contribution in [3.63, 3.8) is 0 Å². The van der Waals surface area contributed by atoms with E-state index in [2.05, 4.69) is 10.6 Å². The molecule has 586 valence electrons. The van der Waals surface area contributed by atoms with E-state index in [9.17, 15) is 19.2 Å². The average molecular weight is 1440 g/mol. The molecular weight excluding hydrogens is 1300 g/mol. The minimum absolute atomic E-state index is 0.0458. The molecule has 0 aromatic carbocycles. The van der Waals surface area contributed by atoms with Crippen LogP contribution < -0.4 is 10.6 Å². The van der Waals surface area contributed by atoms with Crippen molar-refractivity contribution in [1.29, 1.82) is 0 Å². The Labute approximate surface area is 591 Å². The summed E-state index contributed by atoms with van der Waals surface area (Å²) in [5.41, 5.74) is 0. The molecule has 0 saturated heterocycles. The van der Waals surface area contributed by atoms with Crippen molar-refractivity contribution in [1.82, 2.24) is 10.6 Å². The molecule has 1 atom stereocenters. The van der Waals surface area contributed by atoms with E-state index in [0.717, 1.165) is 44.9 Å². The number of nitrogens with one attached hydrogen (secondary N) is 2. The SMILES string of the molecule is CNC(CCCCNC(=O)CCOCCOCCOCCOCCOCCOCCOCCOCCOCCOCCOCCOCCOCCOCCOCCOCCOCCOCCOCCOCCOCCOCCOCCOCCCC(=O)C1CCC(C(C)=O)CC1)C(C)=O. The van der Waals surface area contributed by atoms with Crippen LogP contribution in [0, 0.1) is 11.8 Å². The Kier molecular flexibility index (Phi) is 76.0. The van der Waals surface area contributed by atoms with E-state index in [1.807, 2.05) is 0 Å². The third-order valence-corrected chi connectivity index (χ3v) is 14.6. The second-order valence-corrected chi connectivity index (χ2v) is 22.5. The monoisotopic (exact) mass is 1440 g/mol. The first-order valence-corrected chi connectivity index (χ1v) is 36.2. The zero-order valence-electron chi connectivity index (χ0n) is 60.9. The molecule has 1 saturated carbocycles. The predicted octanol–water partition coefficient (Wildman–Crippen LogP) is 2.98. The van der Waals surface area contributed by atoms with Crippen molar-refractivity contribution in [2.45, 2.75) is 84.1 Å². The number of amides is 1. The summed E-state index contributed by atoms with van der Waals surface area (Å²) in [5, 5.41) is 5.88. The van der Waals surface area contributed by atoms with Crippen molar-refractivity contribution in [2.75, 3.05) is 331 Å². The number of hydrogen-bond acceptors (Lipinski definition) is 29. The van der Waals surface area contributed by atoms with E-state index in [1.54, 1.807) is 20.9 Å². The molecule has 0 radical (unpaired) electrons. The molecule has 1 unspecified atom stereocenters. The quantitative estimate of drug-likeness (QED) is 0.0827. The number of unbranched alkanes of at least 4 members (excludes halogenated alkanes) is 1. The molecule has 0 bridgehead atoms. The summed E-state index contributed by atoms with van der Waals surface area (Å²) in [7, 11) is 1.78. The molecule has 0 aromatic rings. The van der Waals surface area contributed by atoms with E-state index < -0.39 is 0 Å². The molecule has 30 nitrogen and oxygen atoms in total. The molecule has 1 fully saturated rings. The normalized spacial score (nSPS) is 14.4. The Bertz CT molecular complexity index is 1700. The maximum Gasteiger partial charge on any atom is 0.222 e. The fourth-order valence-electron chi connectivity index (χ4n) is 9.04. The van der Waals surface area contributed by atoms with Gasteiger partial charge in [0, 0.05) is 37.8 Å². The first kappa shape index (κ1) is 94.5. The number of carbonyl (C=O) groups excluding carboxylic acids is 4. The highest BCUT2D eigenvalue weighted by Gasteiger charge is 2.27. The summed E-state index contributed by atoms with van der Waals surface area (Å²) < 4.78 is 133. The van der Waals surface area contributed by atoms with Crippen LogP contribution in [0.1, 0.15) is 78.1 Å². The van der Waals surface area contributed by atoms with Crippen LogP contribution >= 0.6 is 0 Å². The topological polar surface area (TPSA) is 314 Å². The van der Waals surface area contributed by atoms with Gasteiger partial charge in [-0.3, -0.25) is 19.2 Å². The number of rotatable bonds is 85. The minimum Gasteiger partial charge on any atom is -0.379 e. The van der Waals surface area contributed by atoms with Crippen LogP contribution in [0.2, 0.25) is 0 Å². The number of carbonyl (C=O) groups is 4. The maximum absolute atomic E-state index is 12.4. The van der Waals surface area contributed by atoms with Gasteiger partial charge in [0.2, 0.25) is 5.91 Å². The lowest BCUT2D eigenvalue weighted by molar-refractivity contribution is -0.127. The smallest absolute Gasteiger partial charge is 0.222 e. The number of Topliss-reactive ketones (excluding diaryl/α,β-unsaturated/α-hetero) is 3. The fraction of sp³-hybridized carbons (Fsp3) is 0.942. The molecule has 1 aliphatic carbocycles. The van der Waals surface area contributed by atoms with Gasteiger partial charge >= 0.3 is 0 Å². The summed E-state index contributed by atoms with van der Waals surface area (Å²) in [6.45, 7) is 26.4. The van der Waals surface area contributed by atoms with Gasteiger partial charge in [0.05, 0.1) is 317 Å². The molecule has 0 aliphatic heterocycles. The third-order valence-electron chi connectivity index (χ3n) is 14.6. The highest BCUT2D eigenvalue weighted by atomic mass is 16.6. The standard InChI is InChI=1S/C69H132N2O28/c1-63(72)65-9-11-66(12-10-65)68(74)8-6-15-76-17-19-78-21-23-80-25-27-82-29-31-84-33-35-86-37-39-88-41-43-90-45-47-92-49-51-94-53-55-96-57-59-98-61-62-99-60-58-97-56-54-95-52-50-93-48-46-91-44-42-89-40-38-87-36-34-85-32-30-83-28-26-81-24-22-79-20-18-77-16-13-69(75)71-14-5-4-7-67(70-3)64(2)73/h65-67,70H,4-62H2,1-3H3,(H,71,75). The van der Waals surface area contributed by atoms with Gasteiger partial charge in [0.25, 0.3) is 0 Å². The summed E-state index contributed by atoms with van der Waals surface area (Å²) in [6, 6.07) is -0.116. The fourth-order valence-corrected chi connectivity index (χ4v) is 9.04. The highest BCUT2D eigenvalue weighted by Crippen LogP contribution is 2.30. The van der Waals surface area contributed by atoms with E-state index in [4.69, 9.17) is 114 Å². The summed E-state index contributed by atoms with van der Waals surface area (Å²) >= 11 is 0. The van der Waals surface area contributed by atoms with Gasteiger partial charge in [-0.15, -0.1) is 0 Å². The first-order valence-electron chi connectivity index (χ1n) is 36.2. The number of ketones is 3. The Morgan fingerprint density at radius 1 is 0.273 bits per heavy atom. The Morgan fingerprint density at radius 2 is 0.485 bits per heavy atom. The van der Waals surface area contributed by atoms with Crippen LogP contribution in [0.5, 0.6) is 0 Å². The lowest BCUT2D eigenvalue weighted by Gasteiger charge is -2.25. The van der Waals surface area contributed by atoms with Crippen LogP contribution in [0.15, 0.2) is 0 Å². The van der Waals surface area contributed by atoms with E-state index in [1.165, 1.54) is 0 Å². The molecule has 30 heteroatoms. The lowest BCUT2D eigenvalue weighted by atomic mass is 9.78. The molecule has 2 N–H and O–H groups in total. The van der Waals surface area contributed by atoms with Crippen LogP contribution in [0.25, 0.3) is 0 Å².